The van der Waals surface area contributed by atoms with E-state index in [1.807, 2.05) is 6.07 Å². The van der Waals surface area contributed by atoms with Gasteiger partial charge in [-0.15, -0.1) is 0 Å². The van der Waals surface area contributed by atoms with Crippen molar-refractivity contribution >= 4 is 80.4 Å². The Morgan fingerprint density at radius 1 is 1.21 bits per heavy atom. The standard InChI is InChI=1S/C20H15ClI2N2O4/c1-2-28-18(26)11-29-19-16(22)8-12(9-17(19)23)7-13(10-24)20(27)25-15-5-3-14(21)4-6-15/h3-9H,2,11H2,1H3,(H,25,27)/b13-7-. The lowest BCUT2D eigenvalue weighted by Gasteiger charge is -2.11. The van der Waals surface area contributed by atoms with Gasteiger partial charge in [0.2, 0.25) is 0 Å². The molecule has 0 aliphatic heterocycles. The third kappa shape index (κ3) is 7.17. The van der Waals surface area contributed by atoms with E-state index >= 15 is 0 Å². The molecule has 0 atom stereocenters. The molecular formula is C20H15ClI2N2O4. The number of carbonyl (C=O) groups is 2. The molecule has 150 valence electrons. The zero-order valence-corrected chi connectivity index (χ0v) is 20.2. The summed E-state index contributed by atoms with van der Waals surface area (Å²) in [6.07, 6.45) is 1.49. The van der Waals surface area contributed by atoms with Crippen LogP contribution in [0.2, 0.25) is 5.02 Å². The highest BCUT2D eigenvalue weighted by molar-refractivity contribution is 14.1. The molecule has 0 aromatic heterocycles. The lowest BCUT2D eigenvalue weighted by atomic mass is 10.1. The topological polar surface area (TPSA) is 88.4 Å². The number of hydrogen-bond donors (Lipinski definition) is 1. The maximum atomic E-state index is 12.4. The van der Waals surface area contributed by atoms with Gasteiger partial charge in [0, 0.05) is 10.7 Å². The summed E-state index contributed by atoms with van der Waals surface area (Å²) in [7, 11) is 0. The lowest BCUT2D eigenvalue weighted by Crippen LogP contribution is -2.15. The van der Waals surface area contributed by atoms with Gasteiger partial charge in [0.1, 0.15) is 17.4 Å². The highest BCUT2D eigenvalue weighted by Crippen LogP contribution is 2.30. The fraction of sp³-hybridized carbons (Fsp3) is 0.150. The van der Waals surface area contributed by atoms with E-state index in [4.69, 9.17) is 21.1 Å². The van der Waals surface area contributed by atoms with Gasteiger partial charge in [-0.2, -0.15) is 5.26 Å². The van der Waals surface area contributed by atoms with Gasteiger partial charge in [0.05, 0.1) is 13.7 Å². The quantitative estimate of drug-likeness (QED) is 0.199. The number of ether oxygens (including phenoxy) is 2. The monoisotopic (exact) mass is 636 g/mol. The maximum Gasteiger partial charge on any atom is 0.344 e. The SMILES string of the molecule is CCOC(=O)COc1c(I)cc(/C=C(/C#N)C(=O)Nc2ccc(Cl)cc2)cc1I. The molecule has 9 heteroatoms. The number of nitriles is 1. The van der Waals surface area contributed by atoms with E-state index in [0.717, 1.165) is 7.14 Å². The number of nitrogens with zero attached hydrogens (tertiary/aromatic N) is 1. The van der Waals surface area contributed by atoms with E-state index in [0.29, 0.717) is 22.0 Å². The van der Waals surface area contributed by atoms with Crippen LogP contribution >= 0.6 is 56.8 Å². The van der Waals surface area contributed by atoms with Gasteiger partial charge >= 0.3 is 5.97 Å². The Morgan fingerprint density at radius 3 is 2.38 bits per heavy atom. The third-order valence-electron chi connectivity index (χ3n) is 3.44. The summed E-state index contributed by atoms with van der Waals surface area (Å²) >= 11 is 9.97. The molecule has 2 rings (SSSR count). The van der Waals surface area contributed by atoms with Crippen LogP contribution < -0.4 is 10.1 Å². The fourth-order valence-corrected chi connectivity index (χ4v) is 4.44. The molecule has 6 nitrogen and oxygen atoms in total. The second kappa shape index (κ2) is 11.4. The van der Waals surface area contributed by atoms with Crippen LogP contribution in [0.15, 0.2) is 42.0 Å². The molecule has 2 aromatic carbocycles. The van der Waals surface area contributed by atoms with E-state index in [9.17, 15) is 14.9 Å². The van der Waals surface area contributed by atoms with Crippen LogP contribution in [0.5, 0.6) is 5.75 Å². The molecule has 0 radical (unpaired) electrons. The summed E-state index contributed by atoms with van der Waals surface area (Å²) in [5.41, 5.74) is 1.14. The highest BCUT2D eigenvalue weighted by atomic mass is 127. The van der Waals surface area contributed by atoms with E-state index < -0.39 is 11.9 Å². The number of anilines is 1. The highest BCUT2D eigenvalue weighted by Gasteiger charge is 2.14. The summed E-state index contributed by atoms with van der Waals surface area (Å²) in [5, 5.41) is 12.6. The number of halogens is 3. The first-order valence-electron chi connectivity index (χ1n) is 8.30. The second-order valence-corrected chi connectivity index (χ2v) is 8.30. The Morgan fingerprint density at radius 2 is 1.83 bits per heavy atom. The summed E-state index contributed by atoms with van der Waals surface area (Å²) in [6.45, 7) is 1.82. The lowest BCUT2D eigenvalue weighted by molar-refractivity contribution is -0.145. The molecule has 0 spiro atoms. The van der Waals surface area contributed by atoms with Crippen LogP contribution in [-0.4, -0.2) is 25.1 Å². The number of rotatable bonds is 7. The fourth-order valence-electron chi connectivity index (χ4n) is 2.18. The first-order chi connectivity index (χ1) is 13.8. The zero-order valence-electron chi connectivity index (χ0n) is 15.2. The number of nitrogens with one attached hydrogen (secondary N) is 1. The average Bonchev–Trinajstić information content (AvgIpc) is 2.67. The van der Waals surface area contributed by atoms with Gasteiger partial charge in [0.15, 0.2) is 6.61 Å². The summed E-state index contributed by atoms with van der Waals surface area (Å²) in [5.74, 6) is -0.434. The number of hydrogen-bond acceptors (Lipinski definition) is 5. The molecule has 0 aliphatic rings. The third-order valence-corrected chi connectivity index (χ3v) is 5.29. The number of amides is 1. The van der Waals surface area contributed by atoms with E-state index in [-0.39, 0.29) is 18.8 Å². The van der Waals surface area contributed by atoms with Crippen LogP contribution in [-0.2, 0) is 14.3 Å². The van der Waals surface area contributed by atoms with E-state index in [1.54, 1.807) is 43.3 Å². The molecule has 29 heavy (non-hydrogen) atoms. The van der Waals surface area contributed by atoms with Gasteiger partial charge in [-0.05, 0) is 100 Å². The Balaban J connectivity index is 2.18. The Kier molecular flexibility index (Phi) is 9.19. The van der Waals surface area contributed by atoms with Crippen LogP contribution in [0.4, 0.5) is 5.69 Å². The van der Waals surface area contributed by atoms with Crippen LogP contribution in [0.25, 0.3) is 6.08 Å². The van der Waals surface area contributed by atoms with E-state index in [2.05, 4.69) is 50.5 Å². The van der Waals surface area contributed by atoms with Gasteiger partial charge in [-0.25, -0.2) is 4.79 Å². The van der Waals surface area contributed by atoms with Crippen molar-refractivity contribution in [2.75, 3.05) is 18.5 Å². The number of esters is 1. The molecule has 1 amide bonds. The minimum absolute atomic E-state index is 0.0493. The van der Waals surface area contributed by atoms with Gasteiger partial charge in [-0.3, -0.25) is 4.79 Å². The van der Waals surface area contributed by atoms with Crippen molar-refractivity contribution in [1.82, 2.24) is 0 Å². The first-order valence-corrected chi connectivity index (χ1v) is 10.8. The smallest absolute Gasteiger partial charge is 0.344 e. The Bertz CT molecular complexity index is 962. The number of benzene rings is 2. The number of carbonyl (C=O) groups excluding carboxylic acids is 2. The van der Waals surface area contributed by atoms with Gasteiger partial charge in [0.25, 0.3) is 5.91 Å². The molecule has 2 aromatic rings. The Labute approximate surface area is 200 Å². The molecule has 0 unspecified atom stereocenters. The predicted octanol–water partition coefficient (Wildman–Crippen LogP) is 5.04. The van der Waals surface area contributed by atoms with Crippen molar-refractivity contribution in [3.8, 4) is 11.8 Å². The minimum atomic E-state index is -0.525. The average molecular weight is 637 g/mol. The van der Waals surface area contributed by atoms with Gasteiger partial charge < -0.3 is 14.8 Å². The van der Waals surface area contributed by atoms with Crippen LogP contribution in [0, 0.1) is 18.5 Å². The van der Waals surface area contributed by atoms with Crippen molar-refractivity contribution in [1.29, 1.82) is 5.26 Å². The Hall–Kier alpha value is -1.84. The maximum absolute atomic E-state index is 12.4. The van der Waals surface area contributed by atoms with Crippen molar-refractivity contribution in [2.45, 2.75) is 6.92 Å². The molecule has 0 saturated heterocycles. The first kappa shape index (κ1) is 23.4. The van der Waals surface area contributed by atoms with Crippen molar-refractivity contribution in [3.63, 3.8) is 0 Å². The van der Waals surface area contributed by atoms with Crippen molar-refractivity contribution < 1.29 is 19.1 Å². The largest absolute Gasteiger partial charge is 0.480 e. The van der Waals surface area contributed by atoms with Crippen molar-refractivity contribution in [3.05, 3.63) is 59.7 Å². The normalized spacial score (nSPS) is 10.8. The molecule has 0 fully saturated rings. The van der Waals surface area contributed by atoms with Gasteiger partial charge in [-0.1, -0.05) is 11.6 Å². The summed E-state index contributed by atoms with van der Waals surface area (Å²) < 4.78 is 11.9. The summed E-state index contributed by atoms with van der Waals surface area (Å²) in [6, 6.07) is 12.0. The molecular weight excluding hydrogens is 621 g/mol. The minimum Gasteiger partial charge on any atom is -0.480 e. The zero-order chi connectivity index (χ0) is 21.4. The molecule has 0 bridgehead atoms. The van der Waals surface area contributed by atoms with E-state index in [1.165, 1.54) is 6.08 Å². The van der Waals surface area contributed by atoms with Crippen LogP contribution in [0.1, 0.15) is 12.5 Å². The van der Waals surface area contributed by atoms with Crippen LogP contribution in [0.3, 0.4) is 0 Å². The molecule has 0 saturated carbocycles. The molecule has 0 heterocycles. The summed E-state index contributed by atoms with van der Waals surface area (Å²) in [4.78, 5) is 23.9. The molecule has 1 N–H and O–H groups in total. The van der Waals surface area contributed by atoms with Crippen molar-refractivity contribution in [2.24, 2.45) is 0 Å². The molecule has 0 aliphatic carbocycles. The predicted molar refractivity (Wildman–Crippen MR) is 128 cm³/mol. The second-order valence-electron chi connectivity index (χ2n) is 5.54.